The summed E-state index contributed by atoms with van der Waals surface area (Å²) in [7, 11) is 0. The molecule has 0 saturated heterocycles. The van der Waals surface area contributed by atoms with E-state index in [1.165, 1.54) is 5.69 Å². The van der Waals surface area contributed by atoms with Crippen molar-refractivity contribution in [2.75, 3.05) is 0 Å². The maximum absolute atomic E-state index is 4.23. The molecular formula is C9H16N2. The van der Waals surface area contributed by atoms with Crippen LogP contribution in [0.2, 0.25) is 0 Å². The van der Waals surface area contributed by atoms with Crippen LogP contribution in [-0.4, -0.2) is 9.55 Å². The molecule has 1 heterocycles. The first-order valence-corrected chi connectivity index (χ1v) is 4.10. The monoisotopic (exact) mass is 152 g/mol. The van der Waals surface area contributed by atoms with Crippen molar-refractivity contribution in [3.8, 4) is 0 Å². The van der Waals surface area contributed by atoms with Crippen LogP contribution in [0.5, 0.6) is 0 Å². The van der Waals surface area contributed by atoms with Gasteiger partial charge in [0, 0.05) is 18.4 Å². The maximum atomic E-state index is 4.23. The van der Waals surface area contributed by atoms with E-state index in [1.807, 2.05) is 6.20 Å². The zero-order valence-corrected chi connectivity index (χ0v) is 7.76. The third-order valence-corrected chi connectivity index (χ3v) is 1.80. The summed E-state index contributed by atoms with van der Waals surface area (Å²) in [5.41, 5.74) is 1.26. The lowest BCUT2D eigenvalue weighted by Crippen LogP contribution is -2.07. The Labute approximate surface area is 68.3 Å². The molecule has 0 saturated carbocycles. The van der Waals surface area contributed by atoms with Crippen molar-refractivity contribution in [3.63, 3.8) is 0 Å². The van der Waals surface area contributed by atoms with Crippen LogP contribution in [-0.2, 0) is 6.54 Å². The predicted octanol–water partition coefficient (Wildman–Crippen LogP) is 2.16. The summed E-state index contributed by atoms with van der Waals surface area (Å²) in [6.07, 6.45) is 1.93. The molecule has 2 heteroatoms. The van der Waals surface area contributed by atoms with Gasteiger partial charge in [0.1, 0.15) is 5.82 Å². The predicted molar refractivity (Wildman–Crippen MR) is 46.5 cm³/mol. The van der Waals surface area contributed by atoms with Gasteiger partial charge in [-0.1, -0.05) is 13.8 Å². The Kier molecular flexibility index (Phi) is 2.32. The average molecular weight is 152 g/mol. The molecule has 0 bridgehead atoms. The van der Waals surface area contributed by atoms with Gasteiger partial charge < -0.3 is 4.57 Å². The van der Waals surface area contributed by atoms with Gasteiger partial charge in [0.25, 0.3) is 0 Å². The quantitative estimate of drug-likeness (QED) is 0.635. The summed E-state index contributed by atoms with van der Waals surface area (Å²) in [4.78, 5) is 4.23. The van der Waals surface area contributed by atoms with Crippen molar-refractivity contribution in [1.29, 1.82) is 0 Å². The molecule has 2 nitrogen and oxygen atoms in total. The molecule has 1 aromatic rings. The van der Waals surface area contributed by atoms with E-state index in [9.17, 15) is 0 Å². The van der Waals surface area contributed by atoms with Gasteiger partial charge in [-0.3, -0.25) is 0 Å². The van der Waals surface area contributed by atoms with Crippen molar-refractivity contribution in [3.05, 3.63) is 17.7 Å². The Morgan fingerprint density at radius 2 is 2.09 bits per heavy atom. The van der Waals surface area contributed by atoms with Gasteiger partial charge in [-0.15, -0.1) is 0 Å². The lowest BCUT2D eigenvalue weighted by molar-refractivity contribution is 0.506. The third kappa shape index (κ3) is 1.82. The van der Waals surface area contributed by atoms with Gasteiger partial charge in [0.15, 0.2) is 0 Å². The SMILES string of the molecule is Cc1cnc(C)n1CC(C)C. The van der Waals surface area contributed by atoms with Gasteiger partial charge in [-0.05, 0) is 19.8 Å². The van der Waals surface area contributed by atoms with E-state index in [0.717, 1.165) is 12.4 Å². The molecule has 0 aliphatic rings. The maximum Gasteiger partial charge on any atom is 0.105 e. The standard InChI is InChI=1S/C9H16N2/c1-7(2)6-11-8(3)5-10-9(11)4/h5,7H,6H2,1-4H3. The zero-order chi connectivity index (χ0) is 8.43. The van der Waals surface area contributed by atoms with Crippen LogP contribution < -0.4 is 0 Å². The molecule has 1 aromatic heterocycles. The first kappa shape index (κ1) is 8.31. The molecule has 11 heavy (non-hydrogen) atoms. The number of hydrogen-bond donors (Lipinski definition) is 0. The van der Waals surface area contributed by atoms with Crippen LogP contribution in [0.3, 0.4) is 0 Å². The van der Waals surface area contributed by atoms with Crippen LogP contribution >= 0.6 is 0 Å². The Morgan fingerprint density at radius 1 is 1.45 bits per heavy atom. The molecular weight excluding hydrogens is 136 g/mol. The van der Waals surface area contributed by atoms with E-state index in [2.05, 4.69) is 37.2 Å². The average Bonchev–Trinajstić information content (AvgIpc) is 2.18. The largest absolute Gasteiger partial charge is 0.332 e. The topological polar surface area (TPSA) is 17.8 Å². The number of imidazole rings is 1. The van der Waals surface area contributed by atoms with E-state index in [0.29, 0.717) is 5.92 Å². The van der Waals surface area contributed by atoms with Crippen molar-refractivity contribution in [2.24, 2.45) is 5.92 Å². The fourth-order valence-electron chi connectivity index (χ4n) is 1.22. The van der Waals surface area contributed by atoms with Crippen molar-refractivity contribution in [1.82, 2.24) is 9.55 Å². The van der Waals surface area contributed by atoms with Crippen LogP contribution in [0.4, 0.5) is 0 Å². The summed E-state index contributed by atoms with van der Waals surface area (Å²) >= 11 is 0. The molecule has 1 rings (SSSR count). The third-order valence-electron chi connectivity index (χ3n) is 1.80. The second kappa shape index (κ2) is 3.07. The summed E-state index contributed by atoms with van der Waals surface area (Å²) < 4.78 is 2.25. The van der Waals surface area contributed by atoms with E-state index in [1.54, 1.807) is 0 Å². The minimum atomic E-state index is 0.696. The Morgan fingerprint density at radius 3 is 2.45 bits per heavy atom. The molecule has 0 radical (unpaired) electrons. The Balaban J connectivity index is 2.83. The Bertz CT molecular complexity index is 216. The fourth-order valence-corrected chi connectivity index (χ4v) is 1.22. The zero-order valence-electron chi connectivity index (χ0n) is 7.76. The highest BCUT2D eigenvalue weighted by molar-refractivity contribution is 5.01. The molecule has 0 atom stereocenters. The summed E-state index contributed by atoms with van der Waals surface area (Å²) in [5.74, 6) is 1.82. The molecule has 0 spiro atoms. The van der Waals surface area contributed by atoms with E-state index in [-0.39, 0.29) is 0 Å². The van der Waals surface area contributed by atoms with E-state index < -0.39 is 0 Å². The first-order valence-electron chi connectivity index (χ1n) is 4.10. The van der Waals surface area contributed by atoms with Crippen LogP contribution in [0.25, 0.3) is 0 Å². The molecule has 0 aromatic carbocycles. The highest BCUT2D eigenvalue weighted by atomic mass is 15.1. The lowest BCUT2D eigenvalue weighted by atomic mass is 10.2. The fraction of sp³-hybridized carbons (Fsp3) is 0.667. The molecule has 0 fully saturated rings. The minimum Gasteiger partial charge on any atom is -0.332 e. The number of nitrogens with zero attached hydrogens (tertiary/aromatic N) is 2. The summed E-state index contributed by atoms with van der Waals surface area (Å²) in [5, 5.41) is 0. The molecule has 0 aliphatic carbocycles. The second-order valence-electron chi connectivity index (χ2n) is 3.45. The smallest absolute Gasteiger partial charge is 0.105 e. The molecule has 62 valence electrons. The van der Waals surface area contributed by atoms with Gasteiger partial charge in [0.2, 0.25) is 0 Å². The second-order valence-corrected chi connectivity index (χ2v) is 3.45. The number of aromatic nitrogens is 2. The highest BCUT2D eigenvalue weighted by Gasteiger charge is 2.03. The van der Waals surface area contributed by atoms with Crippen LogP contribution in [0, 0.1) is 19.8 Å². The van der Waals surface area contributed by atoms with Gasteiger partial charge in [0.05, 0.1) is 0 Å². The number of rotatable bonds is 2. The lowest BCUT2D eigenvalue weighted by Gasteiger charge is -2.09. The van der Waals surface area contributed by atoms with Crippen LogP contribution in [0.1, 0.15) is 25.4 Å². The van der Waals surface area contributed by atoms with Crippen molar-refractivity contribution < 1.29 is 0 Å². The molecule has 0 amide bonds. The molecule has 0 N–H and O–H groups in total. The normalized spacial score (nSPS) is 11.0. The Hall–Kier alpha value is -0.790. The first-order chi connectivity index (χ1) is 5.11. The van der Waals surface area contributed by atoms with Crippen LogP contribution in [0.15, 0.2) is 6.20 Å². The van der Waals surface area contributed by atoms with Crippen molar-refractivity contribution >= 4 is 0 Å². The summed E-state index contributed by atoms with van der Waals surface area (Å²) in [6.45, 7) is 9.67. The molecule has 0 unspecified atom stereocenters. The van der Waals surface area contributed by atoms with Gasteiger partial charge in [-0.25, -0.2) is 4.98 Å². The van der Waals surface area contributed by atoms with Gasteiger partial charge >= 0.3 is 0 Å². The van der Waals surface area contributed by atoms with E-state index >= 15 is 0 Å². The minimum absolute atomic E-state index is 0.696. The highest BCUT2D eigenvalue weighted by Crippen LogP contribution is 2.06. The van der Waals surface area contributed by atoms with E-state index in [4.69, 9.17) is 0 Å². The van der Waals surface area contributed by atoms with Crippen molar-refractivity contribution in [2.45, 2.75) is 34.2 Å². The number of hydrogen-bond acceptors (Lipinski definition) is 1. The summed E-state index contributed by atoms with van der Waals surface area (Å²) in [6, 6.07) is 0. The molecule has 0 aliphatic heterocycles. The number of aryl methyl sites for hydroxylation is 2. The van der Waals surface area contributed by atoms with Gasteiger partial charge in [-0.2, -0.15) is 0 Å².